The summed E-state index contributed by atoms with van der Waals surface area (Å²) in [5.74, 6) is 0.224. The zero-order chi connectivity index (χ0) is 9.10. The third-order valence-corrected chi connectivity index (χ3v) is 1.66. The van der Waals surface area contributed by atoms with Crippen LogP contribution in [0.15, 0.2) is 42.6 Å². The quantitative estimate of drug-likeness (QED) is 0.523. The van der Waals surface area contributed by atoms with Crippen LogP contribution in [0.4, 0.5) is 0 Å². The molecule has 14 heavy (non-hydrogen) atoms. The van der Waals surface area contributed by atoms with Crippen LogP contribution in [0.25, 0.3) is 11.4 Å². The van der Waals surface area contributed by atoms with E-state index in [0.717, 1.165) is 5.56 Å². The molecular weight excluding hydrogens is 203 g/mol. The van der Waals surface area contributed by atoms with Gasteiger partial charge in [0.05, 0.1) is 0 Å². The summed E-state index contributed by atoms with van der Waals surface area (Å²) in [6.07, 6.45) is 1.47. The Balaban J connectivity index is 0.000000980. The second-order valence-corrected chi connectivity index (χ2v) is 2.58. The minimum Gasteiger partial charge on any atom is -0.859 e. The minimum atomic E-state index is -0.256. The summed E-state index contributed by atoms with van der Waals surface area (Å²) in [6, 6.07) is 10.8. The number of hydrogen-bond acceptors (Lipinski definition) is 3. The van der Waals surface area contributed by atoms with Crippen LogP contribution in [0.5, 0.6) is 5.88 Å². The molecule has 0 saturated carbocycles. The second-order valence-electron chi connectivity index (χ2n) is 2.58. The molecule has 3 nitrogen and oxygen atoms in total. The van der Waals surface area contributed by atoms with Crippen molar-refractivity contribution in [2.24, 2.45) is 0 Å². The maximum absolute atomic E-state index is 10.9. The number of benzene rings is 1. The molecule has 0 radical (unpaired) electrons. The van der Waals surface area contributed by atoms with Crippen LogP contribution in [-0.2, 0) is 0 Å². The van der Waals surface area contributed by atoms with Gasteiger partial charge in [-0.05, 0) is 11.9 Å². The summed E-state index contributed by atoms with van der Waals surface area (Å²) < 4.78 is 0. The molecule has 0 spiro atoms. The zero-order valence-electron chi connectivity index (χ0n) is 7.84. The van der Waals surface area contributed by atoms with Gasteiger partial charge in [-0.25, -0.2) is 9.97 Å². The predicted octanol–water partition coefficient (Wildman–Crippen LogP) is -1.78. The van der Waals surface area contributed by atoms with Crippen LogP contribution in [0.1, 0.15) is 0 Å². The number of aromatic nitrogens is 2. The van der Waals surface area contributed by atoms with Crippen LogP contribution in [0, 0.1) is 0 Å². The Hall–Kier alpha value is -0.264. The molecule has 1 heterocycles. The predicted molar refractivity (Wildman–Crippen MR) is 46.9 cm³/mol. The Morgan fingerprint density at radius 2 is 1.71 bits per heavy atom. The van der Waals surface area contributed by atoms with Crippen molar-refractivity contribution in [1.82, 2.24) is 9.97 Å². The van der Waals surface area contributed by atoms with Gasteiger partial charge in [-0.1, -0.05) is 30.3 Å². The van der Waals surface area contributed by atoms with E-state index in [1.807, 2.05) is 30.3 Å². The molecule has 0 N–H and O–H groups in total. The third-order valence-electron chi connectivity index (χ3n) is 1.66. The molecule has 1 aromatic heterocycles. The fourth-order valence-corrected chi connectivity index (χ4v) is 1.07. The molecule has 64 valence electrons. The fraction of sp³-hybridized carbons (Fsp3) is 0. The summed E-state index contributed by atoms with van der Waals surface area (Å²) in [5, 5.41) is 10.9. The summed E-state index contributed by atoms with van der Waals surface area (Å²) in [5.41, 5.74) is 0.861. The van der Waals surface area contributed by atoms with E-state index in [0.29, 0.717) is 5.82 Å². The van der Waals surface area contributed by atoms with Gasteiger partial charge in [0, 0.05) is 11.8 Å². The number of nitrogens with zero attached hydrogens (tertiary/aromatic N) is 2. The van der Waals surface area contributed by atoms with Gasteiger partial charge in [0.2, 0.25) is 0 Å². The molecule has 0 saturated heterocycles. The molecule has 0 unspecified atom stereocenters. The minimum absolute atomic E-state index is 0. The third kappa shape index (κ3) is 2.86. The van der Waals surface area contributed by atoms with Crippen molar-refractivity contribution in [2.45, 2.75) is 0 Å². The first-order valence-electron chi connectivity index (χ1n) is 3.92. The van der Waals surface area contributed by atoms with E-state index in [9.17, 15) is 5.11 Å². The van der Waals surface area contributed by atoms with Crippen LogP contribution < -0.4 is 56.5 Å². The van der Waals surface area contributed by atoms with Gasteiger partial charge in [0.1, 0.15) is 0 Å². The maximum Gasteiger partial charge on any atom is 1.00 e. The van der Waals surface area contributed by atoms with Crippen molar-refractivity contribution in [1.29, 1.82) is 0 Å². The van der Waals surface area contributed by atoms with Crippen molar-refractivity contribution in [3.05, 3.63) is 42.6 Å². The van der Waals surface area contributed by atoms with E-state index < -0.39 is 0 Å². The topological polar surface area (TPSA) is 48.8 Å². The van der Waals surface area contributed by atoms with Gasteiger partial charge in [-0.15, -0.1) is 0 Å². The van der Waals surface area contributed by atoms with Crippen molar-refractivity contribution < 1.29 is 56.5 Å². The monoisotopic (exact) mass is 210 g/mol. The van der Waals surface area contributed by atoms with Gasteiger partial charge in [-0.2, -0.15) is 0 Å². The Morgan fingerprint density at radius 3 is 2.36 bits per heavy atom. The van der Waals surface area contributed by atoms with Gasteiger partial charge < -0.3 is 5.11 Å². The van der Waals surface area contributed by atoms with Crippen molar-refractivity contribution in [2.75, 3.05) is 0 Å². The van der Waals surface area contributed by atoms with E-state index in [1.54, 1.807) is 0 Å². The van der Waals surface area contributed by atoms with Crippen molar-refractivity contribution in [3.8, 4) is 17.3 Å². The fourth-order valence-electron chi connectivity index (χ4n) is 1.07. The van der Waals surface area contributed by atoms with Crippen LogP contribution in [0.3, 0.4) is 0 Å². The van der Waals surface area contributed by atoms with Gasteiger partial charge in [0.15, 0.2) is 5.82 Å². The number of rotatable bonds is 1. The second kappa shape index (κ2) is 5.58. The average Bonchev–Trinajstić information content (AvgIpc) is 2.19. The van der Waals surface area contributed by atoms with Gasteiger partial charge >= 0.3 is 51.4 Å². The standard InChI is InChI=1S/C10H8N2O.K/c13-9-6-7-11-10(12-9)8-4-2-1-3-5-8;/h1-7H,(H,11,12,13);/q;+1/p-1. The van der Waals surface area contributed by atoms with E-state index in [-0.39, 0.29) is 57.3 Å². The van der Waals surface area contributed by atoms with Gasteiger partial charge in [-0.3, -0.25) is 0 Å². The summed E-state index contributed by atoms with van der Waals surface area (Å²) in [4.78, 5) is 7.78. The number of hydrogen-bond donors (Lipinski definition) is 0. The molecular formula is C10H7KN2O. The molecule has 2 aromatic rings. The zero-order valence-corrected chi connectivity index (χ0v) is 11.0. The molecule has 0 bridgehead atoms. The molecule has 0 atom stereocenters. The van der Waals surface area contributed by atoms with E-state index in [1.165, 1.54) is 12.3 Å². The molecule has 0 aliphatic carbocycles. The summed E-state index contributed by atoms with van der Waals surface area (Å²) in [6.45, 7) is 0. The molecule has 0 aliphatic rings. The van der Waals surface area contributed by atoms with E-state index >= 15 is 0 Å². The van der Waals surface area contributed by atoms with E-state index in [2.05, 4.69) is 9.97 Å². The van der Waals surface area contributed by atoms with E-state index in [4.69, 9.17) is 0 Å². The van der Waals surface area contributed by atoms with Crippen molar-refractivity contribution >= 4 is 0 Å². The largest absolute Gasteiger partial charge is 1.00 e. The molecule has 0 amide bonds. The van der Waals surface area contributed by atoms with Crippen molar-refractivity contribution in [3.63, 3.8) is 0 Å². The molecule has 1 aromatic carbocycles. The first-order valence-corrected chi connectivity index (χ1v) is 3.92. The first kappa shape index (κ1) is 11.8. The molecule has 2 rings (SSSR count). The Kier molecular flexibility index (Phi) is 4.70. The summed E-state index contributed by atoms with van der Waals surface area (Å²) in [7, 11) is 0. The Morgan fingerprint density at radius 1 is 1.00 bits per heavy atom. The average molecular weight is 210 g/mol. The van der Waals surface area contributed by atoms with Crippen LogP contribution >= 0.6 is 0 Å². The van der Waals surface area contributed by atoms with Crippen LogP contribution in [-0.4, -0.2) is 9.97 Å². The molecule has 0 aliphatic heterocycles. The van der Waals surface area contributed by atoms with Gasteiger partial charge in [0.25, 0.3) is 0 Å². The maximum atomic E-state index is 10.9. The molecule has 0 fully saturated rings. The molecule has 4 heteroatoms. The SMILES string of the molecule is [K+].[O-]c1ccnc(-c2ccccc2)n1. The first-order chi connectivity index (χ1) is 6.36. The Labute approximate surface area is 125 Å². The summed E-state index contributed by atoms with van der Waals surface area (Å²) >= 11 is 0. The van der Waals surface area contributed by atoms with Crippen LogP contribution in [0.2, 0.25) is 0 Å². The normalized spacial score (nSPS) is 9.14. The Bertz CT molecular complexity index is 406. The smallest absolute Gasteiger partial charge is 0.859 e.